The maximum Gasteiger partial charge on any atom is 0.416 e. The van der Waals surface area contributed by atoms with Crippen molar-refractivity contribution in [1.29, 1.82) is 0 Å². The van der Waals surface area contributed by atoms with Crippen molar-refractivity contribution in [2.75, 3.05) is 13.1 Å². The van der Waals surface area contributed by atoms with E-state index in [0.717, 1.165) is 31.7 Å². The molecule has 34 heavy (non-hydrogen) atoms. The fourth-order valence-corrected chi connectivity index (χ4v) is 4.14. The Hall–Kier alpha value is -3.10. The number of halogens is 3. The van der Waals surface area contributed by atoms with E-state index in [-0.39, 0.29) is 22.6 Å². The summed E-state index contributed by atoms with van der Waals surface area (Å²) in [7, 11) is 0. The molecule has 1 saturated heterocycles. The first-order valence-corrected chi connectivity index (χ1v) is 11.5. The molecule has 0 bridgehead atoms. The Morgan fingerprint density at radius 2 is 1.62 bits per heavy atom. The highest BCUT2D eigenvalue weighted by Gasteiger charge is 2.33. The summed E-state index contributed by atoms with van der Waals surface area (Å²) in [5.74, 6) is -1.05. The molecule has 2 aromatic rings. The summed E-state index contributed by atoms with van der Waals surface area (Å²) in [6.07, 6.45) is 2.02. The molecule has 1 N–H and O–H groups in total. The van der Waals surface area contributed by atoms with Gasteiger partial charge in [0, 0.05) is 38.6 Å². The molecule has 1 aliphatic rings. The highest BCUT2D eigenvalue weighted by atomic mass is 19.4. The summed E-state index contributed by atoms with van der Waals surface area (Å²) in [5.41, 5.74) is -2.02. The van der Waals surface area contributed by atoms with E-state index in [1.165, 1.54) is 30.6 Å². The van der Waals surface area contributed by atoms with Crippen molar-refractivity contribution in [2.45, 2.75) is 58.8 Å². The van der Waals surface area contributed by atoms with E-state index in [4.69, 9.17) is 0 Å². The van der Waals surface area contributed by atoms with Gasteiger partial charge in [0.1, 0.15) is 11.1 Å². The van der Waals surface area contributed by atoms with Gasteiger partial charge >= 0.3 is 6.18 Å². The molecule has 0 radical (unpaired) electrons. The summed E-state index contributed by atoms with van der Waals surface area (Å²) < 4.78 is 41.5. The van der Waals surface area contributed by atoms with Crippen molar-refractivity contribution in [1.82, 2.24) is 14.8 Å². The number of alkyl halides is 3. The van der Waals surface area contributed by atoms with Crippen LogP contribution in [0.25, 0.3) is 0 Å². The molecule has 6 nitrogen and oxygen atoms in total. The van der Waals surface area contributed by atoms with E-state index in [9.17, 15) is 27.6 Å². The lowest BCUT2D eigenvalue weighted by Gasteiger charge is -2.21. The lowest BCUT2D eigenvalue weighted by molar-refractivity contribution is -0.138. The number of hydrogen-bond donors (Lipinski definition) is 1. The average Bonchev–Trinajstić information content (AvgIpc) is 3.07. The van der Waals surface area contributed by atoms with Gasteiger partial charge in [-0.25, -0.2) is 0 Å². The number of hydrogen-bond acceptors (Lipinski definition) is 3. The number of pyridine rings is 1. The van der Waals surface area contributed by atoms with Crippen molar-refractivity contribution in [3.05, 3.63) is 69.1 Å². The highest BCUT2D eigenvalue weighted by Crippen LogP contribution is 2.31. The zero-order chi connectivity index (χ0) is 24.9. The molecule has 3 rings (SSSR count). The molecule has 1 fully saturated rings. The Bertz CT molecular complexity index is 1080. The SMILES string of the molecule is CC(C)Cn1cc(C(=O)NCc2ccccc2C(F)(F)F)c(=O)c(C(=O)N2CCCCCC2)c1. The maximum atomic E-state index is 13.3. The Morgan fingerprint density at radius 3 is 2.24 bits per heavy atom. The van der Waals surface area contributed by atoms with Crippen LogP contribution in [0.3, 0.4) is 0 Å². The number of benzene rings is 1. The predicted octanol–water partition coefficient (Wildman–Crippen LogP) is 4.47. The van der Waals surface area contributed by atoms with E-state index in [1.807, 2.05) is 13.8 Å². The minimum absolute atomic E-state index is 0.0918. The number of amides is 2. The third-order valence-electron chi connectivity index (χ3n) is 5.79. The van der Waals surface area contributed by atoms with Crippen molar-refractivity contribution < 1.29 is 22.8 Å². The third kappa shape index (κ3) is 6.27. The second kappa shape index (κ2) is 10.9. The summed E-state index contributed by atoms with van der Waals surface area (Å²) >= 11 is 0. The van der Waals surface area contributed by atoms with Gasteiger partial charge in [-0.1, -0.05) is 44.9 Å². The standard InChI is InChI=1S/C25H30F3N3O3/c1-17(2)14-30-15-19(22(32)20(16-30)24(34)31-11-7-3-4-8-12-31)23(33)29-13-18-9-5-6-10-21(18)25(26,27)28/h5-6,9-10,15-17H,3-4,7-8,11-14H2,1-2H3,(H,29,33). The molecule has 0 saturated carbocycles. The van der Waals surface area contributed by atoms with Crippen LogP contribution in [0.5, 0.6) is 0 Å². The van der Waals surface area contributed by atoms with Crippen LogP contribution in [0.2, 0.25) is 0 Å². The molecule has 0 atom stereocenters. The van der Waals surface area contributed by atoms with Crippen molar-refractivity contribution in [3.63, 3.8) is 0 Å². The van der Waals surface area contributed by atoms with Crippen LogP contribution in [-0.4, -0.2) is 34.4 Å². The number of nitrogens with zero attached hydrogens (tertiary/aromatic N) is 2. The Balaban J connectivity index is 1.91. The van der Waals surface area contributed by atoms with Crippen LogP contribution in [0.4, 0.5) is 13.2 Å². The summed E-state index contributed by atoms with van der Waals surface area (Å²) in [4.78, 5) is 40.9. The van der Waals surface area contributed by atoms with Crippen molar-refractivity contribution in [3.8, 4) is 0 Å². The van der Waals surface area contributed by atoms with Crippen LogP contribution in [0, 0.1) is 5.92 Å². The van der Waals surface area contributed by atoms with E-state index in [2.05, 4.69) is 5.32 Å². The molecule has 2 amide bonds. The molecular formula is C25H30F3N3O3. The Morgan fingerprint density at radius 1 is 1.00 bits per heavy atom. The minimum atomic E-state index is -4.56. The van der Waals surface area contributed by atoms with E-state index in [1.54, 1.807) is 9.47 Å². The number of carbonyl (C=O) groups excluding carboxylic acids is 2. The van der Waals surface area contributed by atoms with Crippen LogP contribution >= 0.6 is 0 Å². The second-order valence-electron chi connectivity index (χ2n) is 9.05. The van der Waals surface area contributed by atoms with E-state index < -0.39 is 35.5 Å². The predicted molar refractivity (Wildman–Crippen MR) is 123 cm³/mol. The minimum Gasteiger partial charge on any atom is -0.352 e. The molecule has 9 heteroatoms. The number of nitrogens with one attached hydrogen (secondary N) is 1. The summed E-state index contributed by atoms with van der Waals surface area (Å²) in [6, 6.07) is 4.94. The largest absolute Gasteiger partial charge is 0.416 e. The van der Waals surface area contributed by atoms with Crippen LogP contribution < -0.4 is 10.7 Å². The van der Waals surface area contributed by atoms with Gasteiger partial charge in [0.15, 0.2) is 0 Å². The van der Waals surface area contributed by atoms with Crippen LogP contribution in [0.1, 0.15) is 71.4 Å². The van der Waals surface area contributed by atoms with Crippen LogP contribution in [0.15, 0.2) is 41.5 Å². The second-order valence-corrected chi connectivity index (χ2v) is 9.05. The molecule has 0 aliphatic carbocycles. The summed E-state index contributed by atoms with van der Waals surface area (Å²) in [6.45, 7) is 5.09. The quantitative estimate of drug-likeness (QED) is 0.668. The topological polar surface area (TPSA) is 71.4 Å². The van der Waals surface area contributed by atoms with Gasteiger partial charge in [0.05, 0.1) is 5.56 Å². The number of likely N-dealkylation sites (tertiary alicyclic amines) is 1. The lowest BCUT2D eigenvalue weighted by Crippen LogP contribution is -2.38. The molecule has 1 aromatic heterocycles. The van der Waals surface area contributed by atoms with Crippen LogP contribution in [-0.2, 0) is 19.3 Å². The van der Waals surface area contributed by atoms with Gasteiger partial charge in [-0.3, -0.25) is 14.4 Å². The maximum absolute atomic E-state index is 13.3. The van der Waals surface area contributed by atoms with Gasteiger partial charge in [0.2, 0.25) is 5.43 Å². The first-order chi connectivity index (χ1) is 16.1. The molecular weight excluding hydrogens is 447 g/mol. The molecule has 184 valence electrons. The first kappa shape index (κ1) is 25.5. The van der Waals surface area contributed by atoms with Gasteiger partial charge < -0.3 is 14.8 Å². The monoisotopic (exact) mass is 477 g/mol. The summed E-state index contributed by atoms with van der Waals surface area (Å²) in [5, 5.41) is 2.43. The smallest absolute Gasteiger partial charge is 0.352 e. The van der Waals surface area contributed by atoms with E-state index in [0.29, 0.717) is 19.6 Å². The normalized spacial score (nSPS) is 14.7. The van der Waals surface area contributed by atoms with Crippen molar-refractivity contribution >= 4 is 11.8 Å². The average molecular weight is 478 g/mol. The Labute approximate surface area is 196 Å². The third-order valence-corrected chi connectivity index (χ3v) is 5.79. The van der Waals surface area contributed by atoms with Gasteiger partial charge in [-0.05, 0) is 30.4 Å². The molecule has 0 unspecified atom stereocenters. The van der Waals surface area contributed by atoms with E-state index >= 15 is 0 Å². The first-order valence-electron chi connectivity index (χ1n) is 11.5. The molecule has 2 heterocycles. The number of carbonyl (C=O) groups is 2. The van der Waals surface area contributed by atoms with Gasteiger partial charge in [-0.15, -0.1) is 0 Å². The van der Waals surface area contributed by atoms with Gasteiger partial charge in [-0.2, -0.15) is 13.2 Å². The zero-order valence-electron chi connectivity index (χ0n) is 19.5. The zero-order valence-corrected chi connectivity index (χ0v) is 19.5. The fraction of sp³-hybridized carbons (Fsp3) is 0.480. The highest BCUT2D eigenvalue weighted by molar-refractivity contribution is 5.99. The number of aromatic nitrogens is 1. The molecule has 1 aromatic carbocycles. The molecule has 0 spiro atoms. The Kier molecular flexibility index (Phi) is 8.17. The number of rotatable bonds is 6. The lowest BCUT2D eigenvalue weighted by atomic mass is 10.1. The van der Waals surface area contributed by atoms with Crippen molar-refractivity contribution in [2.24, 2.45) is 5.92 Å². The fourth-order valence-electron chi connectivity index (χ4n) is 4.14. The van der Waals surface area contributed by atoms with Gasteiger partial charge in [0.25, 0.3) is 11.8 Å². The molecule has 1 aliphatic heterocycles.